The summed E-state index contributed by atoms with van der Waals surface area (Å²) in [6, 6.07) is 0. The molecule has 0 aromatic carbocycles. The summed E-state index contributed by atoms with van der Waals surface area (Å²) in [4.78, 5) is 24.9. The van der Waals surface area contributed by atoms with Crippen molar-refractivity contribution in [3.8, 4) is 0 Å². The van der Waals surface area contributed by atoms with Crippen LogP contribution in [0.3, 0.4) is 0 Å². The number of likely N-dealkylation sites (tertiary alicyclic amines) is 1. The lowest BCUT2D eigenvalue weighted by Crippen LogP contribution is -2.54. The van der Waals surface area contributed by atoms with Crippen LogP contribution in [0, 0.1) is 0 Å². The van der Waals surface area contributed by atoms with Crippen molar-refractivity contribution in [2.45, 2.75) is 51.0 Å². The fourth-order valence-corrected chi connectivity index (χ4v) is 2.31. The molecule has 1 aliphatic heterocycles. The van der Waals surface area contributed by atoms with Crippen molar-refractivity contribution in [2.75, 3.05) is 26.7 Å². The molecule has 0 spiro atoms. The summed E-state index contributed by atoms with van der Waals surface area (Å²) in [7, 11) is 1.44. The molecule has 2 amide bonds. The van der Waals surface area contributed by atoms with Crippen molar-refractivity contribution in [3.63, 3.8) is 0 Å². The molecule has 0 aromatic heterocycles. The van der Waals surface area contributed by atoms with Gasteiger partial charge in [0.2, 0.25) is 0 Å². The van der Waals surface area contributed by atoms with Gasteiger partial charge in [0.05, 0.1) is 12.1 Å². The van der Waals surface area contributed by atoms with Crippen molar-refractivity contribution in [1.82, 2.24) is 9.80 Å². The van der Waals surface area contributed by atoms with Gasteiger partial charge < -0.3 is 19.6 Å². The first-order valence-electron chi connectivity index (χ1n) is 7.26. The minimum atomic E-state index is -4.91. The highest BCUT2D eigenvalue weighted by molar-refractivity contribution is 5.82. The SMILES string of the molecule is CN(CC1(O)CCN(C(=O)C(F)(F)F)CC1)C(=O)OC(C)(C)C. The van der Waals surface area contributed by atoms with Crippen molar-refractivity contribution < 1.29 is 32.6 Å². The predicted octanol–water partition coefficient (Wildman–Crippen LogP) is 1.77. The van der Waals surface area contributed by atoms with Crippen molar-refractivity contribution in [3.05, 3.63) is 0 Å². The number of alkyl halides is 3. The van der Waals surface area contributed by atoms with Gasteiger partial charge in [-0.3, -0.25) is 4.79 Å². The van der Waals surface area contributed by atoms with Gasteiger partial charge in [0.25, 0.3) is 0 Å². The number of carbonyl (C=O) groups is 2. The van der Waals surface area contributed by atoms with Gasteiger partial charge in [-0.05, 0) is 33.6 Å². The lowest BCUT2D eigenvalue weighted by Gasteiger charge is -2.40. The summed E-state index contributed by atoms with van der Waals surface area (Å²) < 4.78 is 42.3. The molecule has 0 saturated carbocycles. The van der Waals surface area contributed by atoms with Gasteiger partial charge in [0.15, 0.2) is 0 Å². The molecule has 0 radical (unpaired) electrons. The quantitative estimate of drug-likeness (QED) is 0.832. The molecule has 0 atom stereocenters. The van der Waals surface area contributed by atoms with Crippen LogP contribution < -0.4 is 0 Å². The predicted molar refractivity (Wildman–Crippen MR) is 75.7 cm³/mol. The Kier molecular flexibility index (Phi) is 5.56. The van der Waals surface area contributed by atoms with Crippen LogP contribution >= 0.6 is 0 Å². The van der Waals surface area contributed by atoms with E-state index in [4.69, 9.17) is 4.74 Å². The van der Waals surface area contributed by atoms with Crippen LogP contribution in [0.2, 0.25) is 0 Å². The Balaban J connectivity index is 2.57. The molecule has 1 rings (SSSR count). The van der Waals surface area contributed by atoms with Crippen LogP contribution in [0.1, 0.15) is 33.6 Å². The van der Waals surface area contributed by atoms with E-state index in [-0.39, 0.29) is 32.5 Å². The standard InChI is InChI=1S/C14H23F3N2O4/c1-12(2,3)23-11(21)18(4)9-13(22)5-7-19(8-6-13)10(20)14(15,16)17/h22H,5-9H2,1-4H3. The maximum absolute atomic E-state index is 12.4. The van der Waals surface area contributed by atoms with Crippen LogP contribution in [0.4, 0.5) is 18.0 Å². The maximum atomic E-state index is 12.4. The van der Waals surface area contributed by atoms with E-state index >= 15 is 0 Å². The summed E-state index contributed by atoms with van der Waals surface area (Å²) in [5.74, 6) is -1.90. The van der Waals surface area contributed by atoms with Crippen LogP contribution in [0.25, 0.3) is 0 Å². The molecule has 1 fully saturated rings. The minimum Gasteiger partial charge on any atom is -0.444 e. The number of rotatable bonds is 2. The number of hydrogen-bond acceptors (Lipinski definition) is 4. The maximum Gasteiger partial charge on any atom is 0.471 e. The molecule has 1 aliphatic rings. The van der Waals surface area contributed by atoms with Gasteiger partial charge in [0, 0.05) is 20.1 Å². The van der Waals surface area contributed by atoms with Gasteiger partial charge >= 0.3 is 18.2 Å². The Morgan fingerprint density at radius 1 is 1.22 bits per heavy atom. The second-order valence-electron chi connectivity index (χ2n) is 6.85. The number of aliphatic hydroxyl groups is 1. The molecule has 0 bridgehead atoms. The van der Waals surface area contributed by atoms with Crippen LogP contribution in [0.15, 0.2) is 0 Å². The number of halogens is 3. The largest absolute Gasteiger partial charge is 0.471 e. The fourth-order valence-electron chi connectivity index (χ4n) is 2.31. The zero-order valence-corrected chi connectivity index (χ0v) is 13.7. The van der Waals surface area contributed by atoms with E-state index in [0.29, 0.717) is 4.90 Å². The second-order valence-corrected chi connectivity index (χ2v) is 6.85. The monoisotopic (exact) mass is 340 g/mol. The lowest BCUT2D eigenvalue weighted by atomic mass is 9.91. The molecule has 6 nitrogen and oxygen atoms in total. The number of likely N-dealkylation sites (N-methyl/N-ethyl adjacent to an activating group) is 1. The van der Waals surface area contributed by atoms with Crippen LogP contribution in [-0.2, 0) is 9.53 Å². The highest BCUT2D eigenvalue weighted by Crippen LogP contribution is 2.27. The highest BCUT2D eigenvalue weighted by Gasteiger charge is 2.45. The summed E-state index contributed by atoms with van der Waals surface area (Å²) >= 11 is 0. The van der Waals surface area contributed by atoms with Crippen molar-refractivity contribution in [1.29, 1.82) is 0 Å². The normalized spacial score (nSPS) is 18.5. The third-order valence-corrected chi connectivity index (χ3v) is 3.46. The Labute approximate surface area is 133 Å². The van der Waals surface area contributed by atoms with E-state index in [2.05, 4.69) is 0 Å². The minimum absolute atomic E-state index is 0.0397. The van der Waals surface area contributed by atoms with E-state index < -0.39 is 29.4 Å². The van der Waals surface area contributed by atoms with E-state index in [0.717, 1.165) is 0 Å². The Morgan fingerprint density at radius 2 is 1.70 bits per heavy atom. The fraction of sp³-hybridized carbons (Fsp3) is 0.857. The number of carbonyl (C=O) groups excluding carboxylic acids is 2. The van der Waals surface area contributed by atoms with Crippen LogP contribution in [-0.4, -0.2) is 71.0 Å². The smallest absolute Gasteiger partial charge is 0.444 e. The van der Waals surface area contributed by atoms with Gasteiger partial charge in [-0.2, -0.15) is 13.2 Å². The Bertz CT molecular complexity index is 452. The second kappa shape index (κ2) is 6.54. The number of amides is 2. The molecule has 23 heavy (non-hydrogen) atoms. The number of hydrogen-bond donors (Lipinski definition) is 1. The van der Waals surface area contributed by atoms with E-state index in [1.165, 1.54) is 11.9 Å². The molecule has 134 valence electrons. The van der Waals surface area contributed by atoms with E-state index in [1.54, 1.807) is 20.8 Å². The van der Waals surface area contributed by atoms with Gasteiger partial charge in [-0.25, -0.2) is 4.79 Å². The number of piperidine rings is 1. The molecule has 0 aromatic rings. The molecule has 9 heteroatoms. The molecule has 0 aliphatic carbocycles. The molecular formula is C14H23F3N2O4. The van der Waals surface area contributed by atoms with Crippen molar-refractivity contribution >= 4 is 12.0 Å². The van der Waals surface area contributed by atoms with Gasteiger partial charge in [-0.1, -0.05) is 0 Å². The van der Waals surface area contributed by atoms with Crippen LogP contribution in [0.5, 0.6) is 0 Å². The van der Waals surface area contributed by atoms with Crippen molar-refractivity contribution in [2.24, 2.45) is 0 Å². The average molecular weight is 340 g/mol. The zero-order valence-electron chi connectivity index (χ0n) is 13.7. The summed E-state index contributed by atoms with van der Waals surface area (Å²) in [6.45, 7) is 4.61. The Hall–Kier alpha value is -1.51. The molecule has 1 heterocycles. The zero-order chi connectivity index (χ0) is 18.1. The first-order chi connectivity index (χ1) is 10.2. The molecule has 1 saturated heterocycles. The summed E-state index contributed by atoms with van der Waals surface area (Å²) in [5.41, 5.74) is -2.02. The number of nitrogens with zero attached hydrogens (tertiary/aromatic N) is 2. The van der Waals surface area contributed by atoms with E-state index in [9.17, 15) is 27.9 Å². The topological polar surface area (TPSA) is 70.1 Å². The first kappa shape index (κ1) is 19.5. The van der Waals surface area contributed by atoms with E-state index in [1.807, 2.05) is 0 Å². The van der Waals surface area contributed by atoms with Gasteiger partial charge in [0.1, 0.15) is 5.60 Å². The third-order valence-electron chi connectivity index (χ3n) is 3.46. The summed E-state index contributed by atoms with van der Waals surface area (Å²) in [5, 5.41) is 10.4. The van der Waals surface area contributed by atoms with Gasteiger partial charge in [-0.15, -0.1) is 0 Å². The Morgan fingerprint density at radius 3 is 2.09 bits per heavy atom. The first-order valence-corrected chi connectivity index (χ1v) is 7.26. The molecule has 0 unspecified atom stereocenters. The summed E-state index contributed by atoms with van der Waals surface area (Å²) in [6.07, 6.45) is -5.62. The molecular weight excluding hydrogens is 317 g/mol. The molecule has 1 N–H and O–H groups in total. The number of ether oxygens (including phenoxy) is 1. The average Bonchev–Trinajstić information content (AvgIpc) is 2.35. The highest BCUT2D eigenvalue weighted by atomic mass is 19.4. The lowest BCUT2D eigenvalue weighted by molar-refractivity contribution is -0.188. The third kappa shape index (κ3) is 5.89.